The zero-order valence-corrected chi connectivity index (χ0v) is 18.0. The molecule has 0 aliphatic heterocycles. The van der Waals surface area contributed by atoms with Gasteiger partial charge in [0.1, 0.15) is 5.69 Å². The molecule has 0 bridgehead atoms. The smallest absolute Gasteiger partial charge is 0.259 e. The molecule has 2 N–H and O–H groups in total. The third-order valence-corrected chi connectivity index (χ3v) is 5.11. The normalized spacial score (nSPS) is 10.6. The van der Waals surface area contributed by atoms with Crippen molar-refractivity contribution >= 4 is 23.2 Å². The Morgan fingerprint density at radius 3 is 2.28 bits per heavy atom. The van der Waals surface area contributed by atoms with E-state index in [1.54, 1.807) is 42.1 Å². The average molecular weight is 425 g/mol. The minimum absolute atomic E-state index is 0.0838. The monoisotopic (exact) mass is 424 g/mol. The minimum atomic E-state index is -0.274. The third kappa shape index (κ3) is 4.59. The van der Waals surface area contributed by atoms with Gasteiger partial charge in [0.2, 0.25) is 5.91 Å². The molecular weight excluding hydrogens is 400 g/mol. The first kappa shape index (κ1) is 21.1. The van der Waals surface area contributed by atoms with Crippen LogP contribution in [0.1, 0.15) is 29.3 Å². The lowest BCUT2D eigenvalue weighted by atomic mass is 10.0. The number of para-hydroxylation sites is 1. The van der Waals surface area contributed by atoms with E-state index in [9.17, 15) is 9.59 Å². The molecule has 0 aliphatic rings. The Bertz CT molecular complexity index is 1260. The molecule has 0 saturated heterocycles. The van der Waals surface area contributed by atoms with E-state index in [4.69, 9.17) is 5.10 Å². The number of nitrogens with zero attached hydrogens (tertiary/aromatic N) is 2. The van der Waals surface area contributed by atoms with Crippen molar-refractivity contribution in [3.8, 4) is 16.9 Å². The van der Waals surface area contributed by atoms with E-state index in [2.05, 4.69) is 10.6 Å². The highest BCUT2D eigenvalue weighted by Gasteiger charge is 2.20. The second-order valence-electron chi connectivity index (χ2n) is 7.42. The molecule has 3 aromatic carbocycles. The highest BCUT2D eigenvalue weighted by Crippen LogP contribution is 2.27. The quantitative estimate of drug-likeness (QED) is 0.432. The fourth-order valence-electron chi connectivity index (χ4n) is 3.41. The standard InChI is InChI=1S/C26H24N4O2/c1-3-24(31)27-19-11-9-12-20(16-19)28-26(32)23-17-30(21-13-5-4-6-14-21)29-25(23)22-15-8-7-10-18(22)2/h4-17H,3H2,1-2H3,(H,27,31)(H,28,32). The Morgan fingerprint density at radius 2 is 1.56 bits per heavy atom. The van der Waals surface area contributed by atoms with Gasteiger partial charge in [-0.3, -0.25) is 9.59 Å². The summed E-state index contributed by atoms with van der Waals surface area (Å²) in [6, 6.07) is 24.6. The van der Waals surface area contributed by atoms with E-state index in [0.29, 0.717) is 29.1 Å². The second-order valence-corrected chi connectivity index (χ2v) is 7.42. The minimum Gasteiger partial charge on any atom is -0.326 e. The van der Waals surface area contributed by atoms with Crippen LogP contribution in [0.3, 0.4) is 0 Å². The third-order valence-electron chi connectivity index (χ3n) is 5.11. The van der Waals surface area contributed by atoms with Crippen LogP contribution in [0.4, 0.5) is 11.4 Å². The number of hydrogen-bond acceptors (Lipinski definition) is 3. The van der Waals surface area contributed by atoms with E-state index in [-0.39, 0.29) is 11.8 Å². The molecule has 4 aromatic rings. The fourth-order valence-corrected chi connectivity index (χ4v) is 3.41. The summed E-state index contributed by atoms with van der Waals surface area (Å²) >= 11 is 0. The number of carbonyl (C=O) groups is 2. The first-order valence-corrected chi connectivity index (χ1v) is 10.5. The number of rotatable bonds is 6. The summed E-state index contributed by atoms with van der Waals surface area (Å²) in [4.78, 5) is 25.0. The Morgan fingerprint density at radius 1 is 0.875 bits per heavy atom. The van der Waals surface area contributed by atoms with Crippen LogP contribution in [0.25, 0.3) is 16.9 Å². The summed E-state index contributed by atoms with van der Waals surface area (Å²) < 4.78 is 1.72. The Kier molecular flexibility index (Phi) is 6.12. The van der Waals surface area contributed by atoms with Crippen LogP contribution in [0.15, 0.2) is 85.1 Å². The molecule has 1 heterocycles. The Labute approximate surface area is 186 Å². The predicted molar refractivity (Wildman–Crippen MR) is 127 cm³/mol. The topological polar surface area (TPSA) is 76.0 Å². The lowest BCUT2D eigenvalue weighted by Crippen LogP contribution is -2.13. The summed E-state index contributed by atoms with van der Waals surface area (Å²) in [6.07, 6.45) is 2.13. The zero-order valence-electron chi connectivity index (χ0n) is 18.0. The van der Waals surface area contributed by atoms with Gasteiger partial charge in [-0.25, -0.2) is 4.68 Å². The molecule has 0 aliphatic carbocycles. The maximum absolute atomic E-state index is 13.3. The van der Waals surface area contributed by atoms with Crippen molar-refractivity contribution in [3.63, 3.8) is 0 Å². The maximum atomic E-state index is 13.3. The first-order valence-electron chi connectivity index (χ1n) is 10.5. The number of benzene rings is 3. The number of hydrogen-bond donors (Lipinski definition) is 2. The van der Waals surface area contributed by atoms with Crippen LogP contribution in [-0.2, 0) is 4.79 Å². The van der Waals surface area contributed by atoms with Gasteiger partial charge in [-0.2, -0.15) is 5.10 Å². The number of anilines is 2. The van der Waals surface area contributed by atoms with Crippen LogP contribution < -0.4 is 10.6 Å². The molecule has 0 saturated carbocycles. The van der Waals surface area contributed by atoms with Gasteiger partial charge in [0.15, 0.2) is 0 Å². The molecule has 160 valence electrons. The molecule has 0 unspecified atom stereocenters. The van der Waals surface area contributed by atoms with Gasteiger partial charge in [0.25, 0.3) is 5.91 Å². The summed E-state index contributed by atoms with van der Waals surface area (Å²) in [5, 5.41) is 10.5. The lowest BCUT2D eigenvalue weighted by molar-refractivity contribution is -0.115. The van der Waals surface area contributed by atoms with Gasteiger partial charge >= 0.3 is 0 Å². The van der Waals surface area contributed by atoms with E-state index >= 15 is 0 Å². The molecule has 6 nitrogen and oxygen atoms in total. The highest BCUT2D eigenvalue weighted by atomic mass is 16.2. The number of aryl methyl sites for hydroxylation is 1. The van der Waals surface area contributed by atoms with Crippen molar-refractivity contribution in [2.45, 2.75) is 20.3 Å². The van der Waals surface area contributed by atoms with Gasteiger partial charge in [-0.05, 0) is 42.8 Å². The van der Waals surface area contributed by atoms with Crippen molar-refractivity contribution in [2.75, 3.05) is 10.6 Å². The van der Waals surface area contributed by atoms with Gasteiger partial charge in [-0.1, -0.05) is 55.5 Å². The van der Waals surface area contributed by atoms with Crippen molar-refractivity contribution in [2.24, 2.45) is 0 Å². The molecule has 0 radical (unpaired) electrons. The van der Waals surface area contributed by atoms with E-state index in [0.717, 1.165) is 16.8 Å². The van der Waals surface area contributed by atoms with Crippen molar-refractivity contribution in [1.29, 1.82) is 0 Å². The summed E-state index contributed by atoms with van der Waals surface area (Å²) in [6.45, 7) is 3.79. The second kappa shape index (κ2) is 9.31. The largest absolute Gasteiger partial charge is 0.326 e. The molecule has 0 spiro atoms. The van der Waals surface area contributed by atoms with Gasteiger partial charge in [0, 0.05) is 29.6 Å². The molecule has 2 amide bonds. The van der Waals surface area contributed by atoms with Gasteiger partial charge in [0.05, 0.1) is 11.3 Å². The maximum Gasteiger partial charge on any atom is 0.259 e. The molecule has 4 rings (SSSR count). The molecular formula is C26H24N4O2. The van der Waals surface area contributed by atoms with E-state index < -0.39 is 0 Å². The number of aromatic nitrogens is 2. The summed E-state index contributed by atoms with van der Waals surface area (Å²) in [5.41, 5.74) is 5.10. The van der Waals surface area contributed by atoms with E-state index in [1.165, 1.54) is 0 Å². The molecule has 6 heteroatoms. The first-order chi connectivity index (χ1) is 15.5. The average Bonchev–Trinajstić information content (AvgIpc) is 3.25. The summed E-state index contributed by atoms with van der Waals surface area (Å²) in [5.74, 6) is -0.358. The van der Waals surface area contributed by atoms with Crippen LogP contribution >= 0.6 is 0 Å². The molecule has 0 fully saturated rings. The van der Waals surface area contributed by atoms with Crippen molar-refractivity contribution in [1.82, 2.24) is 9.78 Å². The van der Waals surface area contributed by atoms with Crippen LogP contribution in [0.2, 0.25) is 0 Å². The predicted octanol–water partition coefficient (Wildman–Crippen LogP) is 5.45. The zero-order chi connectivity index (χ0) is 22.5. The summed E-state index contributed by atoms with van der Waals surface area (Å²) in [7, 11) is 0. The number of carbonyl (C=O) groups excluding carboxylic acids is 2. The Hall–Kier alpha value is -4.19. The van der Waals surface area contributed by atoms with Crippen LogP contribution in [-0.4, -0.2) is 21.6 Å². The molecule has 1 aromatic heterocycles. The molecule has 32 heavy (non-hydrogen) atoms. The van der Waals surface area contributed by atoms with Gasteiger partial charge < -0.3 is 10.6 Å². The lowest BCUT2D eigenvalue weighted by Gasteiger charge is -2.09. The van der Waals surface area contributed by atoms with E-state index in [1.807, 2.05) is 61.5 Å². The van der Waals surface area contributed by atoms with Crippen molar-refractivity contribution < 1.29 is 9.59 Å². The Balaban J connectivity index is 1.70. The van der Waals surface area contributed by atoms with Crippen LogP contribution in [0.5, 0.6) is 0 Å². The number of nitrogens with one attached hydrogen (secondary N) is 2. The molecule has 0 atom stereocenters. The van der Waals surface area contributed by atoms with Gasteiger partial charge in [-0.15, -0.1) is 0 Å². The highest BCUT2D eigenvalue weighted by molar-refractivity contribution is 6.08. The SMILES string of the molecule is CCC(=O)Nc1cccc(NC(=O)c2cn(-c3ccccc3)nc2-c2ccccc2C)c1. The number of amides is 2. The van der Waals surface area contributed by atoms with Crippen LogP contribution in [0, 0.1) is 6.92 Å². The fraction of sp³-hybridized carbons (Fsp3) is 0.115. The van der Waals surface area contributed by atoms with Crippen molar-refractivity contribution in [3.05, 3.63) is 96.2 Å².